The molecule has 0 aliphatic heterocycles. The summed E-state index contributed by atoms with van der Waals surface area (Å²) in [5.74, 6) is -0.323. The standard InChI is InChI=1S/C15H13Cl2N3O3/c16-9-1-4-11(12(17)7-9)15(22)20(10-2-3-10)8-14(21)18-13-5-6-23-19-13/h1,4-7,10H,2-3,8H2,(H,18,19,21). The predicted molar refractivity (Wildman–Crippen MR) is 85.7 cm³/mol. The lowest BCUT2D eigenvalue weighted by molar-refractivity contribution is -0.117. The zero-order valence-corrected chi connectivity index (χ0v) is 13.5. The molecule has 1 heterocycles. The lowest BCUT2D eigenvalue weighted by atomic mass is 10.2. The van der Waals surface area contributed by atoms with Crippen LogP contribution in [0.15, 0.2) is 35.1 Å². The van der Waals surface area contributed by atoms with Crippen molar-refractivity contribution in [3.05, 3.63) is 46.1 Å². The Kier molecular flexibility index (Phi) is 4.54. The zero-order chi connectivity index (χ0) is 16.4. The second-order valence-electron chi connectivity index (χ2n) is 5.22. The van der Waals surface area contributed by atoms with Gasteiger partial charge in [-0.1, -0.05) is 28.4 Å². The van der Waals surface area contributed by atoms with Crippen LogP contribution in [0.5, 0.6) is 0 Å². The average Bonchev–Trinajstić information content (AvgIpc) is 3.22. The third-order valence-corrected chi connectivity index (χ3v) is 3.98. The van der Waals surface area contributed by atoms with Crippen molar-refractivity contribution in [3.63, 3.8) is 0 Å². The van der Waals surface area contributed by atoms with Gasteiger partial charge in [0.1, 0.15) is 12.8 Å². The molecule has 1 aromatic carbocycles. The van der Waals surface area contributed by atoms with Gasteiger partial charge in [0.05, 0.1) is 10.6 Å². The van der Waals surface area contributed by atoms with Gasteiger partial charge in [-0.05, 0) is 31.0 Å². The normalized spacial score (nSPS) is 13.7. The Morgan fingerprint density at radius 1 is 1.30 bits per heavy atom. The van der Waals surface area contributed by atoms with E-state index in [1.54, 1.807) is 12.1 Å². The molecule has 0 atom stereocenters. The van der Waals surface area contributed by atoms with Crippen LogP contribution in [-0.2, 0) is 4.79 Å². The maximum atomic E-state index is 12.7. The smallest absolute Gasteiger partial charge is 0.256 e. The van der Waals surface area contributed by atoms with Crippen molar-refractivity contribution < 1.29 is 14.1 Å². The Bertz CT molecular complexity index is 730. The number of rotatable bonds is 5. The molecule has 120 valence electrons. The first-order chi connectivity index (χ1) is 11.0. The molecule has 0 spiro atoms. The first-order valence-corrected chi connectivity index (χ1v) is 7.76. The fourth-order valence-electron chi connectivity index (χ4n) is 2.18. The first kappa shape index (κ1) is 15.8. The summed E-state index contributed by atoms with van der Waals surface area (Å²) in [6.45, 7) is -0.0741. The lowest BCUT2D eigenvalue weighted by Crippen LogP contribution is -2.39. The third kappa shape index (κ3) is 3.83. The largest absolute Gasteiger partial charge is 0.363 e. The van der Waals surface area contributed by atoms with Crippen molar-refractivity contribution in [2.45, 2.75) is 18.9 Å². The van der Waals surface area contributed by atoms with E-state index >= 15 is 0 Å². The lowest BCUT2D eigenvalue weighted by Gasteiger charge is -2.22. The maximum Gasteiger partial charge on any atom is 0.256 e. The van der Waals surface area contributed by atoms with E-state index in [0.717, 1.165) is 12.8 Å². The van der Waals surface area contributed by atoms with Crippen molar-refractivity contribution in [2.24, 2.45) is 0 Å². The highest BCUT2D eigenvalue weighted by molar-refractivity contribution is 6.36. The summed E-state index contributed by atoms with van der Waals surface area (Å²) >= 11 is 11.9. The second kappa shape index (κ2) is 6.60. The SMILES string of the molecule is O=C(CN(C(=O)c1ccc(Cl)cc1Cl)C1CC1)Nc1ccon1. The third-order valence-electron chi connectivity index (χ3n) is 3.43. The zero-order valence-electron chi connectivity index (χ0n) is 12.0. The summed E-state index contributed by atoms with van der Waals surface area (Å²) < 4.78 is 4.65. The minimum Gasteiger partial charge on any atom is -0.363 e. The van der Waals surface area contributed by atoms with Gasteiger partial charge in [-0.15, -0.1) is 0 Å². The van der Waals surface area contributed by atoms with Gasteiger partial charge in [0.15, 0.2) is 5.82 Å². The first-order valence-electron chi connectivity index (χ1n) is 7.01. The van der Waals surface area contributed by atoms with Crippen LogP contribution >= 0.6 is 23.2 Å². The number of carbonyl (C=O) groups excluding carboxylic acids is 2. The highest BCUT2D eigenvalue weighted by Crippen LogP contribution is 2.30. The Hall–Kier alpha value is -2.05. The number of nitrogens with zero attached hydrogens (tertiary/aromatic N) is 2. The molecule has 1 N–H and O–H groups in total. The number of benzene rings is 1. The van der Waals surface area contributed by atoms with Gasteiger partial charge in [-0.25, -0.2) is 0 Å². The molecule has 0 saturated heterocycles. The van der Waals surface area contributed by atoms with Gasteiger partial charge >= 0.3 is 0 Å². The summed E-state index contributed by atoms with van der Waals surface area (Å²) in [6.07, 6.45) is 3.09. The van der Waals surface area contributed by atoms with E-state index in [2.05, 4.69) is 15.0 Å². The van der Waals surface area contributed by atoms with E-state index < -0.39 is 0 Å². The van der Waals surface area contributed by atoms with Crippen molar-refractivity contribution in [2.75, 3.05) is 11.9 Å². The number of halogens is 2. The highest BCUT2D eigenvalue weighted by atomic mass is 35.5. The van der Waals surface area contributed by atoms with E-state index in [9.17, 15) is 9.59 Å². The summed E-state index contributed by atoms with van der Waals surface area (Å²) in [6, 6.07) is 6.25. The molecular weight excluding hydrogens is 341 g/mol. The second-order valence-corrected chi connectivity index (χ2v) is 6.06. The van der Waals surface area contributed by atoms with Crippen LogP contribution in [0, 0.1) is 0 Å². The van der Waals surface area contributed by atoms with Crippen LogP contribution in [0.4, 0.5) is 5.82 Å². The van der Waals surface area contributed by atoms with E-state index in [-0.39, 0.29) is 29.4 Å². The predicted octanol–water partition coefficient (Wildman–Crippen LogP) is 3.22. The van der Waals surface area contributed by atoms with Crippen LogP contribution in [0.25, 0.3) is 0 Å². The number of hydrogen-bond donors (Lipinski definition) is 1. The fourth-order valence-corrected chi connectivity index (χ4v) is 2.67. The molecule has 1 aromatic heterocycles. The quantitative estimate of drug-likeness (QED) is 0.895. The van der Waals surface area contributed by atoms with Crippen LogP contribution in [-0.4, -0.2) is 34.5 Å². The van der Waals surface area contributed by atoms with Crippen LogP contribution in [0.3, 0.4) is 0 Å². The minimum absolute atomic E-state index is 0.0531. The molecule has 0 bridgehead atoms. The average molecular weight is 354 g/mol. The maximum absolute atomic E-state index is 12.7. The molecule has 1 saturated carbocycles. The molecule has 8 heteroatoms. The molecule has 0 unspecified atom stereocenters. The molecule has 1 aliphatic carbocycles. The topological polar surface area (TPSA) is 75.4 Å². The molecule has 3 rings (SSSR count). The van der Waals surface area contributed by atoms with Gasteiger partial charge in [0.2, 0.25) is 5.91 Å². The van der Waals surface area contributed by atoms with Gasteiger partial charge < -0.3 is 14.7 Å². The number of anilines is 1. The molecule has 1 fully saturated rings. The van der Waals surface area contributed by atoms with Crippen LogP contribution in [0.2, 0.25) is 10.0 Å². The van der Waals surface area contributed by atoms with Crippen molar-refractivity contribution in [3.8, 4) is 0 Å². The van der Waals surface area contributed by atoms with Crippen LogP contribution < -0.4 is 5.32 Å². The molecular formula is C15H13Cl2N3O3. The Balaban J connectivity index is 1.73. The molecule has 2 aromatic rings. The van der Waals surface area contributed by atoms with E-state index in [0.29, 0.717) is 16.4 Å². The van der Waals surface area contributed by atoms with Crippen LogP contribution in [0.1, 0.15) is 23.2 Å². The van der Waals surface area contributed by atoms with Gasteiger partial charge in [0, 0.05) is 17.1 Å². The Morgan fingerprint density at radius 2 is 2.09 bits per heavy atom. The Labute approximate surface area is 142 Å². The van der Waals surface area contributed by atoms with Crippen molar-refractivity contribution in [1.82, 2.24) is 10.1 Å². The summed E-state index contributed by atoms with van der Waals surface area (Å²) in [7, 11) is 0. The van der Waals surface area contributed by atoms with E-state index in [4.69, 9.17) is 23.2 Å². The minimum atomic E-state index is -0.343. The highest BCUT2D eigenvalue weighted by Gasteiger charge is 2.35. The van der Waals surface area contributed by atoms with Gasteiger partial charge in [-0.2, -0.15) is 0 Å². The van der Waals surface area contributed by atoms with E-state index in [1.165, 1.54) is 23.3 Å². The number of aromatic nitrogens is 1. The molecule has 0 radical (unpaired) electrons. The summed E-state index contributed by atoms with van der Waals surface area (Å²) in [5, 5.41) is 6.90. The summed E-state index contributed by atoms with van der Waals surface area (Å²) in [5.41, 5.74) is 0.331. The van der Waals surface area contributed by atoms with E-state index in [1.807, 2.05) is 0 Å². The van der Waals surface area contributed by atoms with Gasteiger partial charge in [-0.3, -0.25) is 9.59 Å². The number of carbonyl (C=O) groups is 2. The van der Waals surface area contributed by atoms with Crippen molar-refractivity contribution in [1.29, 1.82) is 0 Å². The monoisotopic (exact) mass is 353 g/mol. The fraction of sp³-hybridized carbons (Fsp3) is 0.267. The van der Waals surface area contributed by atoms with Gasteiger partial charge in [0.25, 0.3) is 5.91 Å². The molecule has 23 heavy (non-hydrogen) atoms. The molecule has 6 nitrogen and oxygen atoms in total. The number of nitrogens with one attached hydrogen (secondary N) is 1. The Morgan fingerprint density at radius 3 is 2.70 bits per heavy atom. The number of hydrogen-bond acceptors (Lipinski definition) is 4. The number of amides is 2. The molecule has 2 amide bonds. The van der Waals surface area contributed by atoms with Crippen molar-refractivity contribution >= 4 is 40.8 Å². The molecule has 1 aliphatic rings. The summed E-state index contributed by atoms with van der Waals surface area (Å²) in [4.78, 5) is 26.3.